The normalized spacial score (nSPS) is 13.5. The third kappa shape index (κ3) is 3.13. The minimum Gasteiger partial charge on any atom is -0.384 e. The summed E-state index contributed by atoms with van der Waals surface area (Å²) in [5, 5.41) is 12.9. The number of hydrogen-bond acceptors (Lipinski definition) is 3. The van der Waals surface area contributed by atoms with E-state index in [-0.39, 0.29) is 12.1 Å². The largest absolute Gasteiger partial charge is 0.384 e. The zero-order valence-electron chi connectivity index (χ0n) is 11.1. The summed E-state index contributed by atoms with van der Waals surface area (Å²) in [6, 6.07) is 12.0. The predicted molar refractivity (Wildman–Crippen MR) is 75.4 cm³/mol. The van der Waals surface area contributed by atoms with Crippen LogP contribution in [0.15, 0.2) is 53.5 Å². The van der Waals surface area contributed by atoms with Crippen molar-refractivity contribution in [3.63, 3.8) is 0 Å². The lowest BCUT2D eigenvalue weighted by Crippen LogP contribution is -2.40. The number of benzene rings is 1. The van der Waals surface area contributed by atoms with Gasteiger partial charge in [0.15, 0.2) is 0 Å². The van der Waals surface area contributed by atoms with Crippen LogP contribution < -0.4 is 10.9 Å². The first kappa shape index (κ1) is 14.0. The molecule has 0 aliphatic carbocycles. The smallest absolute Gasteiger partial charge is 0.260 e. The maximum atomic E-state index is 11.9. The van der Waals surface area contributed by atoms with Crippen LogP contribution in [0.4, 0.5) is 0 Å². The van der Waals surface area contributed by atoms with E-state index in [4.69, 9.17) is 0 Å². The average Bonchev–Trinajstić information content (AvgIpc) is 2.46. The highest BCUT2D eigenvalue weighted by Gasteiger charge is 2.24. The van der Waals surface area contributed by atoms with Crippen LogP contribution in [0, 0.1) is 0 Å². The van der Waals surface area contributed by atoms with Gasteiger partial charge in [0.1, 0.15) is 11.2 Å². The Kier molecular flexibility index (Phi) is 4.00. The molecule has 0 radical (unpaired) electrons. The summed E-state index contributed by atoms with van der Waals surface area (Å²) in [6.07, 6.45) is 1.46. The SMILES string of the molecule is CC(O)(CNC(=O)c1ccc[nH]c1=O)c1ccccc1. The van der Waals surface area contributed by atoms with Gasteiger partial charge in [0.25, 0.3) is 11.5 Å². The lowest BCUT2D eigenvalue weighted by atomic mass is 9.96. The molecule has 3 N–H and O–H groups in total. The number of pyridine rings is 1. The summed E-state index contributed by atoms with van der Waals surface area (Å²) in [5.74, 6) is -0.511. The van der Waals surface area contributed by atoms with Crippen LogP contribution >= 0.6 is 0 Å². The van der Waals surface area contributed by atoms with Gasteiger partial charge in [-0.15, -0.1) is 0 Å². The van der Waals surface area contributed by atoms with Crippen LogP contribution in [-0.4, -0.2) is 22.5 Å². The van der Waals surface area contributed by atoms with Crippen molar-refractivity contribution in [2.24, 2.45) is 0 Å². The van der Waals surface area contributed by atoms with Crippen molar-refractivity contribution in [3.05, 3.63) is 70.1 Å². The Balaban J connectivity index is 2.07. The van der Waals surface area contributed by atoms with E-state index in [0.717, 1.165) is 0 Å². The molecule has 0 bridgehead atoms. The molecule has 20 heavy (non-hydrogen) atoms. The van der Waals surface area contributed by atoms with E-state index in [1.165, 1.54) is 12.3 Å². The van der Waals surface area contributed by atoms with E-state index in [2.05, 4.69) is 10.3 Å². The van der Waals surface area contributed by atoms with Crippen molar-refractivity contribution in [1.82, 2.24) is 10.3 Å². The van der Waals surface area contributed by atoms with Crippen molar-refractivity contribution >= 4 is 5.91 Å². The van der Waals surface area contributed by atoms with E-state index in [1.54, 1.807) is 25.1 Å². The van der Waals surface area contributed by atoms with Gasteiger partial charge in [-0.05, 0) is 24.6 Å². The van der Waals surface area contributed by atoms with Gasteiger partial charge in [0.2, 0.25) is 0 Å². The summed E-state index contributed by atoms with van der Waals surface area (Å²) in [6.45, 7) is 1.63. The van der Waals surface area contributed by atoms with Gasteiger partial charge >= 0.3 is 0 Å². The Morgan fingerprint density at radius 1 is 1.25 bits per heavy atom. The highest BCUT2D eigenvalue weighted by molar-refractivity contribution is 5.93. The number of amides is 1. The molecule has 2 rings (SSSR count). The van der Waals surface area contributed by atoms with E-state index in [1.807, 2.05) is 18.2 Å². The molecule has 1 atom stereocenters. The van der Waals surface area contributed by atoms with E-state index < -0.39 is 17.1 Å². The Labute approximate surface area is 116 Å². The fraction of sp³-hybridized carbons (Fsp3) is 0.200. The minimum atomic E-state index is -1.20. The highest BCUT2D eigenvalue weighted by Crippen LogP contribution is 2.18. The fourth-order valence-corrected chi connectivity index (χ4v) is 1.85. The number of aliphatic hydroxyl groups is 1. The maximum Gasteiger partial charge on any atom is 0.260 e. The Morgan fingerprint density at radius 3 is 2.60 bits per heavy atom. The van der Waals surface area contributed by atoms with Crippen molar-refractivity contribution < 1.29 is 9.90 Å². The molecule has 1 aromatic carbocycles. The van der Waals surface area contributed by atoms with E-state index >= 15 is 0 Å². The first-order valence-corrected chi connectivity index (χ1v) is 6.24. The van der Waals surface area contributed by atoms with Gasteiger partial charge in [-0.25, -0.2) is 0 Å². The molecule has 0 saturated heterocycles. The topological polar surface area (TPSA) is 82.2 Å². The second-order valence-corrected chi connectivity index (χ2v) is 4.74. The van der Waals surface area contributed by atoms with Crippen LogP contribution in [0.25, 0.3) is 0 Å². The standard InChI is InChI=1S/C15H16N2O3/c1-15(20,11-6-3-2-4-7-11)10-17-14(19)12-8-5-9-16-13(12)18/h2-9,20H,10H2,1H3,(H,16,18)(H,17,19). The van der Waals surface area contributed by atoms with Crippen LogP contribution in [0.5, 0.6) is 0 Å². The Hall–Kier alpha value is -2.40. The molecule has 0 aliphatic heterocycles. The highest BCUT2D eigenvalue weighted by atomic mass is 16.3. The molecular formula is C15H16N2O3. The molecule has 1 amide bonds. The first-order chi connectivity index (χ1) is 9.50. The van der Waals surface area contributed by atoms with Crippen LogP contribution in [-0.2, 0) is 5.60 Å². The molecule has 1 heterocycles. The van der Waals surface area contributed by atoms with Gasteiger partial charge in [-0.1, -0.05) is 30.3 Å². The predicted octanol–water partition coefficient (Wildman–Crippen LogP) is 1.01. The first-order valence-electron chi connectivity index (χ1n) is 6.24. The molecule has 5 nitrogen and oxygen atoms in total. The van der Waals surface area contributed by atoms with Crippen molar-refractivity contribution in [2.45, 2.75) is 12.5 Å². The van der Waals surface area contributed by atoms with Crippen LogP contribution in [0.1, 0.15) is 22.8 Å². The molecule has 0 aliphatic rings. The molecule has 0 spiro atoms. The maximum absolute atomic E-state index is 11.9. The molecule has 1 aromatic heterocycles. The molecule has 104 valence electrons. The fourth-order valence-electron chi connectivity index (χ4n) is 1.85. The third-order valence-electron chi connectivity index (χ3n) is 3.05. The monoisotopic (exact) mass is 272 g/mol. The number of rotatable bonds is 4. The van der Waals surface area contributed by atoms with Gasteiger partial charge in [0, 0.05) is 6.20 Å². The summed E-state index contributed by atoms with van der Waals surface area (Å²) in [5.41, 5.74) is -0.929. The lowest BCUT2D eigenvalue weighted by molar-refractivity contribution is 0.0526. The quantitative estimate of drug-likeness (QED) is 0.777. The molecule has 5 heteroatoms. The number of carbonyl (C=O) groups excluding carboxylic acids is 1. The number of H-pyrrole nitrogens is 1. The lowest BCUT2D eigenvalue weighted by Gasteiger charge is -2.24. The van der Waals surface area contributed by atoms with Crippen molar-refractivity contribution in [1.29, 1.82) is 0 Å². The second-order valence-electron chi connectivity index (χ2n) is 4.74. The van der Waals surface area contributed by atoms with Crippen LogP contribution in [0.3, 0.4) is 0 Å². The average molecular weight is 272 g/mol. The van der Waals surface area contributed by atoms with Gasteiger partial charge < -0.3 is 15.4 Å². The molecular weight excluding hydrogens is 256 g/mol. The van der Waals surface area contributed by atoms with Crippen molar-refractivity contribution in [3.8, 4) is 0 Å². The van der Waals surface area contributed by atoms with Crippen LogP contribution in [0.2, 0.25) is 0 Å². The number of carbonyl (C=O) groups is 1. The molecule has 0 saturated carbocycles. The third-order valence-corrected chi connectivity index (χ3v) is 3.05. The summed E-state index contributed by atoms with van der Waals surface area (Å²) < 4.78 is 0. The summed E-state index contributed by atoms with van der Waals surface area (Å²) in [7, 11) is 0. The molecule has 1 unspecified atom stereocenters. The molecule has 0 fully saturated rings. The number of hydrogen-bond donors (Lipinski definition) is 3. The van der Waals surface area contributed by atoms with Gasteiger partial charge in [0.05, 0.1) is 6.54 Å². The Morgan fingerprint density at radius 2 is 1.95 bits per heavy atom. The van der Waals surface area contributed by atoms with E-state index in [9.17, 15) is 14.7 Å². The van der Waals surface area contributed by atoms with E-state index in [0.29, 0.717) is 5.56 Å². The number of nitrogens with one attached hydrogen (secondary N) is 2. The number of aromatic amines is 1. The zero-order valence-corrected chi connectivity index (χ0v) is 11.1. The zero-order chi connectivity index (χ0) is 14.6. The minimum absolute atomic E-state index is 0.0180. The van der Waals surface area contributed by atoms with Crippen molar-refractivity contribution in [2.75, 3.05) is 6.54 Å². The van der Waals surface area contributed by atoms with Gasteiger partial charge in [-0.2, -0.15) is 0 Å². The Bertz CT molecular complexity index is 647. The van der Waals surface area contributed by atoms with Gasteiger partial charge in [-0.3, -0.25) is 9.59 Å². The number of aromatic nitrogens is 1. The summed E-state index contributed by atoms with van der Waals surface area (Å²) in [4.78, 5) is 25.8. The second kappa shape index (κ2) is 5.71. The summed E-state index contributed by atoms with van der Waals surface area (Å²) >= 11 is 0. The molecule has 2 aromatic rings.